The van der Waals surface area contributed by atoms with Gasteiger partial charge < -0.3 is 24.1 Å². The highest BCUT2D eigenvalue weighted by molar-refractivity contribution is 7.99. The number of fused-ring (bicyclic) bond motifs is 1. The summed E-state index contributed by atoms with van der Waals surface area (Å²) in [5.41, 5.74) is 3.32. The van der Waals surface area contributed by atoms with E-state index < -0.39 is 17.8 Å². The van der Waals surface area contributed by atoms with Gasteiger partial charge in [-0.25, -0.2) is 4.79 Å². The Morgan fingerprint density at radius 1 is 1.00 bits per heavy atom. The van der Waals surface area contributed by atoms with Gasteiger partial charge in [0.2, 0.25) is 0 Å². The van der Waals surface area contributed by atoms with E-state index >= 15 is 0 Å². The molecule has 1 aliphatic carbocycles. The standard InChI is InChI=1S/C31H37NO7S/c1-6-38-26-17-20(8-10-23(26)33)29-28(31(35)39-12-13-40-7-2)18(3)32-22-14-21(15-24(34)30(22)29)19-9-11-25(36-4)27(16-19)37-5/h8-11,16-17,21,29-30,33H,6-7,12-15H2,1-5H3/t21-,29-,30?/m1/s1. The van der Waals surface area contributed by atoms with E-state index in [1.165, 1.54) is 0 Å². The van der Waals surface area contributed by atoms with Gasteiger partial charge in [0.1, 0.15) is 12.4 Å². The molecule has 0 radical (unpaired) electrons. The van der Waals surface area contributed by atoms with Crippen LogP contribution in [0.2, 0.25) is 0 Å². The van der Waals surface area contributed by atoms with Crippen LogP contribution in [0.1, 0.15) is 56.6 Å². The summed E-state index contributed by atoms with van der Waals surface area (Å²) >= 11 is 1.69. The lowest BCUT2D eigenvalue weighted by Gasteiger charge is -2.38. The van der Waals surface area contributed by atoms with Crippen LogP contribution in [0.3, 0.4) is 0 Å². The fourth-order valence-electron chi connectivity index (χ4n) is 5.55. The Kier molecular flexibility index (Phi) is 9.79. The van der Waals surface area contributed by atoms with Gasteiger partial charge in [-0.3, -0.25) is 9.79 Å². The number of carbonyl (C=O) groups excluding carboxylic acids is 2. The van der Waals surface area contributed by atoms with E-state index in [1.54, 1.807) is 51.1 Å². The van der Waals surface area contributed by atoms with E-state index in [0.29, 0.717) is 59.3 Å². The summed E-state index contributed by atoms with van der Waals surface area (Å²) in [6.07, 6.45) is 0.853. The molecule has 0 spiro atoms. The van der Waals surface area contributed by atoms with Crippen LogP contribution in [0, 0.1) is 5.92 Å². The highest BCUT2D eigenvalue weighted by Gasteiger charge is 2.46. The van der Waals surface area contributed by atoms with E-state index in [1.807, 2.05) is 25.1 Å². The van der Waals surface area contributed by atoms with Crippen LogP contribution in [0.5, 0.6) is 23.0 Å². The van der Waals surface area contributed by atoms with Crippen molar-refractivity contribution >= 4 is 29.2 Å². The molecule has 1 fully saturated rings. The lowest BCUT2D eigenvalue weighted by atomic mass is 9.66. The first-order valence-electron chi connectivity index (χ1n) is 13.6. The summed E-state index contributed by atoms with van der Waals surface area (Å²) in [4.78, 5) is 32.2. The Balaban J connectivity index is 1.75. The first-order chi connectivity index (χ1) is 19.3. The minimum absolute atomic E-state index is 0.000147. The van der Waals surface area contributed by atoms with Gasteiger partial charge in [0.25, 0.3) is 0 Å². The molecule has 4 rings (SSSR count). The maximum absolute atomic E-state index is 13.9. The minimum atomic E-state index is -0.619. The zero-order chi connectivity index (χ0) is 28.8. The number of hydrogen-bond donors (Lipinski definition) is 1. The number of allylic oxidation sites excluding steroid dienone is 1. The predicted octanol–water partition coefficient (Wildman–Crippen LogP) is 5.68. The summed E-state index contributed by atoms with van der Waals surface area (Å²) < 4.78 is 22.2. The van der Waals surface area contributed by atoms with Crippen molar-refractivity contribution in [3.05, 3.63) is 58.8 Å². The molecule has 8 nitrogen and oxygen atoms in total. The number of nitrogens with zero attached hydrogens (tertiary/aromatic N) is 1. The molecule has 1 saturated carbocycles. The molecule has 1 N–H and O–H groups in total. The second-order valence-corrected chi connectivity index (χ2v) is 11.1. The number of Topliss-reactive ketones (excluding diaryl/α,β-unsaturated/α-hetero) is 1. The number of ether oxygens (including phenoxy) is 4. The Morgan fingerprint density at radius 3 is 2.42 bits per heavy atom. The van der Waals surface area contributed by atoms with Gasteiger partial charge in [0.05, 0.1) is 32.3 Å². The average molecular weight is 568 g/mol. The third kappa shape index (κ3) is 6.14. The molecule has 0 bridgehead atoms. The molecule has 40 heavy (non-hydrogen) atoms. The van der Waals surface area contributed by atoms with Crippen LogP contribution in [0.15, 0.2) is 52.7 Å². The van der Waals surface area contributed by atoms with Gasteiger partial charge in [0, 0.05) is 29.5 Å². The molecule has 2 aromatic carbocycles. The van der Waals surface area contributed by atoms with Gasteiger partial charge in [-0.2, -0.15) is 11.8 Å². The number of methoxy groups -OCH3 is 2. The normalized spacial score (nSPS) is 20.5. The summed E-state index contributed by atoms with van der Waals surface area (Å²) in [6, 6.07) is 10.7. The quantitative estimate of drug-likeness (QED) is 0.273. The van der Waals surface area contributed by atoms with Crippen molar-refractivity contribution in [3.63, 3.8) is 0 Å². The summed E-state index contributed by atoms with van der Waals surface area (Å²) in [5.74, 6) is 1.38. The van der Waals surface area contributed by atoms with E-state index in [-0.39, 0.29) is 24.1 Å². The number of hydrogen-bond acceptors (Lipinski definition) is 9. The summed E-state index contributed by atoms with van der Waals surface area (Å²) in [5, 5.41) is 10.3. The average Bonchev–Trinajstić information content (AvgIpc) is 2.95. The predicted molar refractivity (Wildman–Crippen MR) is 156 cm³/mol. The van der Waals surface area contributed by atoms with Gasteiger partial charge in [0.15, 0.2) is 23.0 Å². The number of carbonyl (C=O) groups is 2. The van der Waals surface area contributed by atoms with Crippen molar-refractivity contribution in [3.8, 4) is 23.0 Å². The first kappa shape index (κ1) is 29.5. The van der Waals surface area contributed by atoms with Crippen LogP contribution in [0.25, 0.3) is 0 Å². The van der Waals surface area contributed by atoms with Gasteiger partial charge in [-0.1, -0.05) is 19.1 Å². The Labute approximate surface area is 239 Å². The zero-order valence-electron chi connectivity index (χ0n) is 23.7. The van der Waals surface area contributed by atoms with Crippen LogP contribution in [-0.2, 0) is 14.3 Å². The van der Waals surface area contributed by atoms with Crippen LogP contribution < -0.4 is 14.2 Å². The van der Waals surface area contributed by atoms with E-state index in [0.717, 1.165) is 17.0 Å². The molecule has 0 aromatic heterocycles. The van der Waals surface area contributed by atoms with Crippen molar-refractivity contribution in [2.24, 2.45) is 10.9 Å². The van der Waals surface area contributed by atoms with Crippen molar-refractivity contribution in [2.75, 3.05) is 38.9 Å². The number of thioether (sulfide) groups is 1. The molecular weight excluding hydrogens is 530 g/mol. The third-order valence-corrected chi connectivity index (χ3v) is 8.22. The van der Waals surface area contributed by atoms with Crippen LogP contribution in [0.4, 0.5) is 0 Å². The molecule has 214 valence electrons. The molecule has 9 heteroatoms. The highest BCUT2D eigenvalue weighted by atomic mass is 32.2. The second-order valence-electron chi connectivity index (χ2n) is 9.74. The van der Waals surface area contributed by atoms with Gasteiger partial charge >= 0.3 is 5.97 Å². The SMILES string of the molecule is CCOc1cc([C@@H]2C(C(=O)OCCSCC)=C(C)N=C3C[C@@H](c4ccc(OC)c(OC)c4)CC(=O)C32)ccc1O. The Morgan fingerprint density at radius 2 is 1.73 bits per heavy atom. The Hall–Kier alpha value is -3.46. The number of aliphatic imine (C=N–C) groups is 1. The van der Waals surface area contributed by atoms with Gasteiger partial charge in [-0.15, -0.1) is 0 Å². The number of benzene rings is 2. The van der Waals surface area contributed by atoms with Gasteiger partial charge in [-0.05, 0) is 67.3 Å². The summed E-state index contributed by atoms with van der Waals surface area (Å²) in [7, 11) is 3.17. The van der Waals surface area contributed by atoms with E-state index in [4.69, 9.17) is 23.9 Å². The number of phenolic OH excluding ortho intramolecular Hbond substituents is 1. The van der Waals surface area contributed by atoms with E-state index in [9.17, 15) is 14.7 Å². The van der Waals surface area contributed by atoms with Crippen molar-refractivity contribution in [1.82, 2.24) is 0 Å². The molecular formula is C31H37NO7S. The molecule has 2 aromatic rings. The first-order valence-corrected chi connectivity index (χ1v) is 14.7. The Bertz CT molecular complexity index is 1320. The molecule has 1 unspecified atom stereocenters. The molecule has 1 heterocycles. The molecule has 0 saturated heterocycles. The highest BCUT2D eigenvalue weighted by Crippen LogP contribution is 2.47. The van der Waals surface area contributed by atoms with Crippen LogP contribution in [-0.4, -0.2) is 61.5 Å². The number of esters is 1. The zero-order valence-corrected chi connectivity index (χ0v) is 24.5. The molecule has 2 aliphatic rings. The third-order valence-electron chi connectivity index (χ3n) is 7.36. The van der Waals surface area contributed by atoms with Crippen molar-refractivity contribution in [1.29, 1.82) is 0 Å². The van der Waals surface area contributed by atoms with Crippen LogP contribution >= 0.6 is 11.8 Å². The molecule has 3 atom stereocenters. The number of rotatable bonds is 11. The minimum Gasteiger partial charge on any atom is -0.504 e. The fraction of sp³-hybridized carbons (Fsp3) is 0.452. The smallest absolute Gasteiger partial charge is 0.336 e. The summed E-state index contributed by atoms with van der Waals surface area (Å²) in [6.45, 7) is 6.32. The van der Waals surface area contributed by atoms with Crippen molar-refractivity contribution in [2.45, 2.75) is 45.4 Å². The second kappa shape index (κ2) is 13.3. The monoisotopic (exact) mass is 567 g/mol. The number of aromatic hydroxyl groups is 1. The van der Waals surface area contributed by atoms with E-state index in [2.05, 4.69) is 6.92 Å². The fourth-order valence-corrected chi connectivity index (χ4v) is 6.04. The number of phenols is 1. The number of ketones is 1. The molecule has 1 aliphatic heterocycles. The lowest BCUT2D eigenvalue weighted by molar-refractivity contribution is -0.139. The maximum Gasteiger partial charge on any atom is 0.336 e. The topological polar surface area (TPSA) is 104 Å². The van der Waals surface area contributed by atoms with Crippen molar-refractivity contribution < 1.29 is 33.6 Å². The largest absolute Gasteiger partial charge is 0.504 e. The maximum atomic E-state index is 13.9. The lowest BCUT2D eigenvalue weighted by Crippen LogP contribution is -2.41. The molecule has 0 amide bonds.